The van der Waals surface area contributed by atoms with Crippen LogP contribution in [-0.2, 0) is 11.3 Å². The summed E-state index contributed by atoms with van der Waals surface area (Å²) in [6.07, 6.45) is 2.33. The Morgan fingerprint density at radius 3 is 2.28 bits per heavy atom. The van der Waals surface area contributed by atoms with Crippen LogP contribution in [0.25, 0.3) is 10.8 Å². The van der Waals surface area contributed by atoms with E-state index >= 15 is 0 Å². The van der Waals surface area contributed by atoms with Gasteiger partial charge >= 0.3 is 0 Å². The predicted octanol–water partition coefficient (Wildman–Crippen LogP) is 3.51. The summed E-state index contributed by atoms with van der Waals surface area (Å²) in [6.45, 7) is 0.719. The van der Waals surface area contributed by atoms with Crippen LogP contribution >= 0.6 is 0 Å². The first kappa shape index (κ1) is 21.6. The summed E-state index contributed by atoms with van der Waals surface area (Å²) in [5, 5.41) is 7.87. The molecule has 0 unspecified atom stereocenters. The lowest BCUT2D eigenvalue weighted by Gasteiger charge is -2.18. The Morgan fingerprint density at radius 2 is 1.56 bits per heavy atom. The van der Waals surface area contributed by atoms with Crippen LogP contribution in [-0.4, -0.2) is 42.3 Å². The molecule has 1 fully saturated rings. The third-order valence-corrected chi connectivity index (χ3v) is 5.61. The summed E-state index contributed by atoms with van der Waals surface area (Å²) in [6, 6.07) is 21.1. The van der Waals surface area contributed by atoms with Gasteiger partial charge in [-0.15, -0.1) is 0 Å². The number of fused-ring (bicyclic) bond motifs is 1. The van der Waals surface area contributed by atoms with Crippen molar-refractivity contribution >= 4 is 28.5 Å². The molecule has 1 aliphatic rings. The van der Waals surface area contributed by atoms with Gasteiger partial charge < -0.3 is 15.5 Å². The number of amides is 3. The zero-order valence-corrected chi connectivity index (χ0v) is 18.1. The highest BCUT2D eigenvalue weighted by molar-refractivity contribution is 5.98. The first-order chi connectivity index (χ1) is 15.5. The van der Waals surface area contributed by atoms with E-state index in [1.165, 1.54) is 0 Å². The average molecular weight is 430 g/mol. The molecule has 4 rings (SSSR count). The third-order valence-electron chi connectivity index (χ3n) is 5.61. The van der Waals surface area contributed by atoms with Crippen molar-refractivity contribution in [2.75, 3.05) is 13.6 Å². The standard InChI is InChI=1S/C26H27N3O3/c1-29(17-18-6-8-20(9-7-18)26(32)28-23-12-13-23)24(30)14-15-27-25(31)22-11-10-19-4-2-3-5-21(19)16-22/h2-11,16,23H,12-15,17H2,1H3,(H,27,31)(H,28,32). The van der Waals surface area contributed by atoms with E-state index in [-0.39, 0.29) is 30.7 Å². The van der Waals surface area contributed by atoms with Gasteiger partial charge in [0.1, 0.15) is 0 Å². The number of hydrogen-bond donors (Lipinski definition) is 2. The van der Waals surface area contributed by atoms with E-state index in [0.29, 0.717) is 23.7 Å². The maximum atomic E-state index is 12.5. The maximum absolute atomic E-state index is 12.5. The lowest BCUT2D eigenvalue weighted by atomic mass is 10.1. The number of benzene rings is 3. The second-order valence-corrected chi connectivity index (χ2v) is 8.26. The summed E-state index contributed by atoms with van der Waals surface area (Å²) in [4.78, 5) is 38.6. The van der Waals surface area contributed by atoms with Gasteiger partial charge in [0.2, 0.25) is 5.91 Å². The quantitative estimate of drug-likeness (QED) is 0.575. The van der Waals surface area contributed by atoms with Crippen LogP contribution in [0.3, 0.4) is 0 Å². The molecule has 0 radical (unpaired) electrons. The molecule has 0 atom stereocenters. The molecule has 1 saturated carbocycles. The lowest BCUT2D eigenvalue weighted by molar-refractivity contribution is -0.130. The first-order valence-corrected chi connectivity index (χ1v) is 10.9. The van der Waals surface area contributed by atoms with Gasteiger partial charge in [-0.25, -0.2) is 0 Å². The second kappa shape index (κ2) is 9.64. The Bertz CT molecular complexity index is 1140. The molecular formula is C26H27N3O3. The molecule has 2 N–H and O–H groups in total. The highest BCUT2D eigenvalue weighted by Gasteiger charge is 2.23. The van der Waals surface area contributed by atoms with Gasteiger partial charge in [0.15, 0.2) is 0 Å². The number of nitrogens with zero attached hydrogens (tertiary/aromatic N) is 1. The van der Waals surface area contributed by atoms with Gasteiger partial charge in [-0.2, -0.15) is 0 Å². The highest BCUT2D eigenvalue weighted by Crippen LogP contribution is 2.19. The smallest absolute Gasteiger partial charge is 0.251 e. The van der Waals surface area contributed by atoms with Gasteiger partial charge in [-0.3, -0.25) is 14.4 Å². The van der Waals surface area contributed by atoms with Crippen LogP contribution in [0.5, 0.6) is 0 Å². The van der Waals surface area contributed by atoms with Crippen molar-refractivity contribution in [3.05, 3.63) is 83.4 Å². The van der Waals surface area contributed by atoms with Crippen LogP contribution in [0.1, 0.15) is 45.5 Å². The molecule has 0 bridgehead atoms. The van der Waals surface area contributed by atoms with Crippen molar-refractivity contribution in [1.82, 2.24) is 15.5 Å². The molecule has 6 heteroatoms. The van der Waals surface area contributed by atoms with Crippen LogP contribution in [0.2, 0.25) is 0 Å². The monoisotopic (exact) mass is 429 g/mol. The molecule has 0 saturated heterocycles. The molecule has 6 nitrogen and oxygen atoms in total. The van der Waals surface area contributed by atoms with Crippen LogP contribution in [0.15, 0.2) is 66.7 Å². The predicted molar refractivity (Wildman–Crippen MR) is 124 cm³/mol. The molecular weight excluding hydrogens is 402 g/mol. The van der Waals surface area contributed by atoms with Gasteiger partial charge in [0.05, 0.1) is 0 Å². The molecule has 3 amide bonds. The Kier molecular flexibility index (Phi) is 6.50. The van der Waals surface area contributed by atoms with E-state index in [0.717, 1.165) is 29.2 Å². The van der Waals surface area contributed by atoms with Gasteiger partial charge in [-0.1, -0.05) is 42.5 Å². The van der Waals surface area contributed by atoms with Crippen molar-refractivity contribution in [3.63, 3.8) is 0 Å². The summed E-state index contributed by atoms with van der Waals surface area (Å²) in [7, 11) is 1.74. The summed E-state index contributed by atoms with van der Waals surface area (Å²) >= 11 is 0. The zero-order chi connectivity index (χ0) is 22.5. The van der Waals surface area contributed by atoms with Gasteiger partial charge in [-0.05, 0) is 53.4 Å². The Labute approximate surface area is 187 Å². The fourth-order valence-corrected chi connectivity index (χ4v) is 3.53. The van der Waals surface area contributed by atoms with E-state index in [9.17, 15) is 14.4 Å². The SMILES string of the molecule is CN(Cc1ccc(C(=O)NC2CC2)cc1)C(=O)CCNC(=O)c1ccc2ccccc2c1. The number of rotatable bonds is 8. The van der Waals surface area contributed by atoms with E-state index in [1.54, 1.807) is 30.1 Å². The summed E-state index contributed by atoms with van der Waals surface area (Å²) < 4.78 is 0. The molecule has 3 aromatic carbocycles. The van der Waals surface area contributed by atoms with Crippen LogP contribution in [0, 0.1) is 0 Å². The Morgan fingerprint density at radius 1 is 0.875 bits per heavy atom. The fourth-order valence-electron chi connectivity index (χ4n) is 3.53. The normalized spacial score (nSPS) is 12.9. The minimum atomic E-state index is -0.189. The minimum Gasteiger partial charge on any atom is -0.352 e. The second-order valence-electron chi connectivity index (χ2n) is 8.26. The fraction of sp³-hybridized carbons (Fsp3) is 0.269. The van der Waals surface area contributed by atoms with Crippen molar-refractivity contribution in [2.24, 2.45) is 0 Å². The summed E-state index contributed by atoms with van der Waals surface area (Å²) in [5.41, 5.74) is 2.16. The van der Waals surface area contributed by atoms with Crippen molar-refractivity contribution in [2.45, 2.75) is 31.8 Å². The molecule has 0 aliphatic heterocycles. The highest BCUT2D eigenvalue weighted by atomic mass is 16.2. The Balaban J connectivity index is 1.23. The molecule has 164 valence electrons. The number of carbonyl (C=O) groups is 3. The van der Waals surface area contributed by atoms with Crippen molar-refractivity contribution in [3.8, 4) is 0 Å². The lowest BCUT2D eigenvalue weighted by Crippen LogP contribution is -2.32. The first-order valence-electron chi connectivity index (χ1n) is 10.9. The third kappa shape index (κ3) is 5.52. The van der Waals surface area contributed by atoms with Gasteiger partial charge in [0, 0.05) is 43.7 Å². The molecule has 0 heterocycles. The zero-order valence-electron chi connectivity index (χ0n) is 18.1. The molecule has 0 spiro atoms. The molecule has 1 aliphatic carbocycles. The van der Waals surface area contributed by atoms with Gasteiger partial charge in [0.25, 0.3) is 11.8 Å². The van der Waals surface area contributed by atoms with E-state index in [2.05, 4.69) is 10.6 Å². The van der Waals surface area contributed by atoms with Crippen LogP contribution in [0.4, 0.5) is 0 Å². The summed E-state index contributed by atoms with van der Waals surface area (Å²) in [5.74, 6) is -0.295. The van der Waals surface area contributed by atoms with Crippen molar-refractivity contribution in [1.29, 1.82) is 0 Å². The average Bonchev–Trinajstić information content (AvgIpc) is 3.63. The molecule has 3 aromatic rings. The topological polar surface area (TPSA) is 78.5 Å². The number of hydrogen-bond acceptors (Lipinski definition) is 3. The number of carbonyl (C=O) groups excluding carboxylic acids is 3. The van der Waals surface area contributed by atoms with E-state index in [4.69, 9.17) is 0 Å². The van der Waals surface area contributed by atoms with E-state index < -0.39 is 0 Å². The molecule has 32 heavy (non-hydrogen) atoms. The van der Waals surface area contributed by atoms with Crippen LogP contribution < -0.4 is 10.6 Å². The largest absolute Gasteiger partial charge is 0.352 e. The minimum absolute atomic E-state index is 0.0503. The van der Waals surface area contributed by atoms with E-state index in [1.807, 2.05) is 48.5 Å². The number of nitrogens with one attached hydrogen (secondary N) is 2. The van der Waals surface area contributed by atoms with Crippen molar-refractivity contribution < 1.29 is 14.4 Å². The maximum Gasteiger partial charge on any atom is 0.251 e. The Hall–Kier alpha value is -3.67. The molecule has 0 aromatic heterocycles.